The summed E-state index contributed by atoms with van der Waals surface area (Å²) in [5.74, 6) is 1.80. The molecule has 4 rings (SSSR count). The lowest BCUT2D eigenvalue weighted by molar-refractivity contribution is 0.122. The lowest BCUT2D eigenvalue weighted by Gasteiger charge is -2.35. The van der Waals surface area contributed by atoms with Crippen LogP contribution in [0.15, 0.2) is 18.3 Å². The minimum absolute atomic E-state index is 0.496. The molecule has 2 aromatic heterocycles. The van der Waals surface area contributed by atoms with Gasteiger partial charge in [0.1, 0.15) is 5.52 Å². The lowest BCUT2D eigenvalue weighted by atomic mass is 10.0. The molecular weight excluding hydrogens is 290 g/mol. The zero-order valence-corrected chi connectivity index (χ0v) is 13.6. The maximum Gasteiger partial charge on any atom is 0.228 e. The summed E-state index contributed by atoms with van der Waals surface area (Å²) in [6.45, 7) is 6.51. The SMILES string of the molecule is CC1CCCCN1c1nc(N2CCOCC2)c2ncccc2n1. The number of hydrogen-bond acceptors (Lipinski definition) is 6. The number of pyridine rings is 1. The Morgan fingerprint density at radius 3 is 2.83 bits per heavy atom. The fourth-order valence-corrected chi connectivity index (χ4v) is 3.46. The van der Waals surface area contributed by atoms with Gasteiger partial charge in [0.2, 0.25) is 5.95 Å². The molecule has 1 unspecified atom stereocenters. The molecule has 0 bridgehead atoms. The molecule has 1 atom stereocenters. The monoisotopic (exact) mass is 313 g/mol. The first-order valence-electron chi connectivity index (χ1n) is 8.55. The van der Waals surface area contributed by atoms with Crippen molar-refractivity contribution >= 4 is 22.8 Å². The highest BCUT2D eigenvalue weighted by Gasteiger charge is 2.24. The third kappa shape index (κ3) is 2.83. The Hall–Kier alpha value is -1.95. The molecule has 0 amide bonds. The number of morpholine rings is 1. The second-order valence-electron chi connectivity index (χ2n) is 6.36. The Morgan fingerprint density at radius 1 is 1.13 bits per heavy atom. The molecule has 0 radical (unpaired) electrons. The molecule has 6 nitrogen and oxygen atoms in total. The highest BCUT2D eigenvalue weighted by atomic mass is 16.5. The van der Waals surface area contributed by atoms with Crippen LogP contribution in [0, 0.1) is 0 Å². The molecule has 0 spiro atoms. The van der Waals surface area contributed by atoms with Crippen molar-refractivity contribution in [3.63, 3.8) is 0 Å². The highest BCUT2D eigenvalue weighted by molar-refractivity contribution is 5.86. The van der Waals surface area contributed by atoms with Crippen LogP contribution in [0.4, 0.5) is 11.8 Å². The second kappa shape index (κ2) is 6.28. The van der Waals surface area contributed by atoms with E-state index >= 15 is 0 Å². The maximum atomic E-state index is 5.48. The Labute approximate surface area is 136 Å². The maximum absolute atomic E-state index is 5.48. The van der Waals surface area contributed by atoms with Gasteiger partial charge in [-0.05, 0) is 38.3 Å². The molecule has 4 heterocycles. The molecule has 6 heteroatoms. The predicted octanol–water partition coefficient (Wildman–Crippen LogP) is 2.24. The largest absolute Gasteiger partial charge is 0.378 e. The van der Waals surface area contributed by atoms with E-state index in [0.29, 0.717) is 6.04 Å². The van der Waals surface area contributed by atoms with Crippen molar-refractivity contribution in [2.24, 2.45) is 0 Å². The lowest BCUT2D eigenvalue weighted by Crippen LogP contribution is -2.40. The molecule has 23 heavy (non-hydrogen) atoms. The molecule has 2 aliphatic rings. The minimum Gasteiger partial charge on any atom is -0.378 e. The fourth-order valence-electron chi connectivity index (χ4n) is 3.46. The van der Waals surface area contributed by atoms with Gasteiger partial charge in [-0.15, -0.1) is 0 Å². The summed E-state index contributed by atoms with van der Waals surface area (Å²) >= 11 is 0. The van der Waals surface area contributed by atoms with Crippen LogP contribution in [0.3, 0.4) is 0 Å². The summed E-state index contributed by atoms with van der Waals surface area (Å²) in [5.41, 5.74) is 1.82. The van der Waals surface area contributed by atoms with Crippen LogP contribution in [-0.2, 0) is 4.74 Å². The van der Waals surface area contributed by atoms with E-state index in [1.807, 2.05) is 18.3 Å². The van der Waals surface area contributed by atoms with Gasteiger partial charge in [-0.25, -0.2) is 4.98 Å². The quantitative estimate of drug-likeness (QED) is 0.847. The molecule has 0 aromatic carbocycles. The first kappa shape index (κ1) is 14.6. The topological polar surface area (TPSA) is 54.4 Å². The number of hydrogen-bond donors (Lipinski definition) is 0. The zero-order valence-electron chi connectivity index (χ0n) is 13.6. The van der Waals surface area contributed by atoms with Crippen molar-refractivity contribution in [3.8, 4) is 0 Å². The van der Waals surface area contributed by atoms with Crippen LogP contribution in [0.5, 0.6) is 0 Å². The van der Waals surface area contributed by atoms with Gasteiger partial charge in [0.05, 0.1) is 18.7 Å². The van der Waals surface area contributed by atoms with Crippen LogP contribution < -0.4 is 9.80 Å². The molecule has 0 N–H and O–H groups in total. The number of rotatable bonds is 2. The van der Waals surface area contributed by atoms with Gasteiger partial charge in [0.25, 0.3) is 0 Å². The molecule has 2 aliphatic heterocycles. The Morgan fingerprint density at radius 2 is 2.00 bits per heavy atom. The molecule has 0 aliphatic carbocycles. The number of anilines is 2. The van der Waals surface area contributed by atoms with Gasteiger partial charge < -0.3 is 14.5 Å². The average Bonchev–Trinajstić information content (AvgIpc) is 2.62. The highest BCUT2D eigenvalue weighted by Crippen LogP contribution is 2.28. The van der Waals surface area contributed by atoms with Gasteiger partial charge in [-0.3, -0.25) is 4.98 Å². The van der Waals surface area contributed by atoms with Gasteiger partial charge in [0.15, 0.2) is 5.82 Å². The average molecular weight is 313 g/mol. The van der Waals surface area contributed by atoms with E-state index < -0.39 is 0 Å². The minimum atomic E-state index is 0.496. The van der Waals surface area contributed by atoms with Crippen molar-refractivity contribution in [3.05, 3.63) is 18.3 Å². The Kier molecular flexibility index (Phi) is 3.99. The summed E-state index contributed by atoms with van der Waals surface area (Å²) in [5, 5.41) is 0. The number of piperidine rings is 1. The molecular formula is C17H23N5O. The van der Waals surface area contributed by atoms with Crippen molar-refractivity contribution in [1.29, 1.82) is 0 Å². The van der Waals surface area contributed by atoms with E-state index in [9.17, 15) is 0 Å². The summed E-state index contributed by atoms with van der Waals surface area (Å²) in [4.78, 5) is 18.9. The van der Waals surface area contributed by atoms with Crippen LogP contribution in [-0.4, -0.2) is 53.8 Å². The number of ether oxygens (including phenoxy) is 1. The molecule has 2 fully saturated rings. The first-order valence-corrected chi connectivity index (χ1v) is 8.55. The van der Waals surface area contributed by atoms with E-state index in [0.717, 1.165) is 55.6 Å². The van der Waals surface area contributed by atoms with E-state index in [1.165, 1.54) is 19.3 Å². The van der Waals surface area contributed by atoms with Crippen LogP contribution in [0.25, 0.3) is 11.0 Å². The van der Waals surface area contributed by atoms with E-state index in [4.69, 9.17) is 14.7 Å². The van der Waals surface area contributed by atoms with Gasteiger partial charge >= 0.3 is 0 Å². The standard InChI is InChI=1S/C17H23N5O/c1-13-5-2-3-8-22(13)17-19-14-6-4-7-18-15(14)16(20-17)21-9-11-23-12-10-21/h4,6-7,13H,2-3,5,8-12H2,1H3. The Bertz CT molecular complexity index is 686. The van der Waals surface area contributed by atoms with Gasteiger partial charge in [-0.2, -0.15) is 4.98 Å². The number of fused-ring (bicyclic) bond motifs is 1. The summed E-state index contributed by atoms with van der Waals surface area (Å²) in [6, 6.07) is 4.48. The first-order chi connectivity index (χ1) is 11.3. The van der Waals surface area contributed by atoms with E-state index in [1.54, 1.807) is 0 Å². The zero-order chi connectivity index (χ0) is 15.6. The number of nitrogens with zero attached hydrogens (tertiary/aromatic N) is 5. The van der Waals surface area contributed by atoms with E-state index in [-0.39, 0.29) is 0 Å². The van der Waals surface area contributed by atoms with Crippen LogP contribution >= 0.6 is 0 Å². The van der Waals surface area contributed by atoms with Crippen molar-refractivity contribution in [2.75, 3.05) is 42.6 Å². The van der Waals surface area contributed by atoms with Gasteiger partial charge in [0, 0.05) is 31.9 Å². The molecule has 122 valence electrons. The number of aromatic nitrogens is 3. The summed E-state index contributed by atoms with van der Waals surface area (Å²) in [6.07, 6.45) is 5.54. The van der Waals surface area contributed by atoms with Crippen molar-refractivity contribution < 1.29 is 4.74 Å². The molecule has 2 saturated heterocycles. The Balaban J connectivity index is 1.79. The second-order valence-corrected chi connectivity index (χ2v) is 6.36. The summed E-state index contributed by atoms with van der Waals surface area (Å²) < 4.78 is 5.48. The third-order valence-corrected chi connectivity index (χ3v) is 4.80. The van der Waals surface area contributed by atoms with Gasteiger partial charge in [-0.1, -0.05) is 0 Å². The van der Waals surface area contributed by atoms with Crippen molar-refractivity contribution in [2.45, 2.75) is 32.2 Å². The third-order valence-electron chi connectivity index (χ3n) is 4.80. The van der Waals surface area contributed by atoms with E-state index in [2.05, 4.69) is 21.7 Å². The molecule has 2 aromatic rings. The smallest absolute Gasteiger partial charge is 0.228 e. The van der Waals surface area contributed by atoms with Crippen LogP contribution in [0.2, 0.25) is 0 Å². The predicted molar refractivity (Wildman–Crippen MR) is 91.0 cm³/mol. The summed E-state index contributed by atoms with van der Waals surface area (Å²) in [7, 11) is 0. The fraction of sp³-hybridized carbons (Fsp3) is 0.588. The molecule has 0 saturated carbocycles. The van der Waals surface area contributed by atoms with Crippen molar-refractivity contribution in [1.82, 2.24) is 15.0 Å². The normalized spacial score (nSPS) is 22.6. The van der Waals surface area contributed by atoms with Crippen LogP contribution in [0.1, 0.15) is 26.2 Å².